The Kier molecular flexibility index (Phi) is 4.39. The number of hydrazone groups is 1. The smallest absolute Gasteiger partial charge is 0.280 e. The van der Waals surface area contributed by atoms with Gasteiger partial charge in [-0.1, -0.05) is 23.7 Å². The minimum absolute atomic E-state index is 0.00397. The molecular formula is C17H14ClN3O2. The average molecular weight is 328 g/mol. The molecule has 1 amide bonds. The number of carbonyl (C=O) groups is 1. The Hall–Kier alpha value is -2.66. The molecule has 0 radical (unpaired) electrons. The molecule has 0 aromatic heterocycles. The maximum absolute atomic E-state index is 11.3. The van der Waals surface area contributed by atoms with E-state index in [4.69, 9.17) is 16.3 Å². The van der Waals surface area contributed by atoms with Gasteiger partial charge in [-0.15, -0.1) is 5.10 Å². The third kappa shape index (κ3) is 3.76. The molecule has 3 rings (SSSR count). The van der Waals surface area contributed by atoms with E-state index < -0.39 is 0 Å². The largest absolute Gasteiger partial charge is 0.466 e. The van der Waals surface area contributed by atoms with E-state index in [9.17, 15) is 4.79 Å². The minimum atomic E-state index is -0.170. The van der Waals surface area contributed by atoms with E-state index in [1.165, 1.54) is 5.01 Å². The monoisotopic (exact) mass is 327 g/mol. The highest BCUT2D eigenvalue weighted by atomic mass is 35.5. The molecule has 0 saturated heterocycles. The zero-order valence-corrected chi connectivity index (χ0v) is 13.2. The van der Waals surface area contributed by atoms with Gasteiger partial charge in [0.1, 0.15) is 0 Å². The Balaban J connectivity index is 1.75. The number of aliphatic imine (C=N–C) groups is 1. The summed E-state index contributed by atoms with van der Waals surface area (Å²) in [4.78, 5) is 15.7. The van der Waals surface area contributed by atoms with Crippen LogP contribution in [0.15, 0.2) is 58.6 Å². The Morgan fingerprint density at radius 2 is 2.04 bits per heavy atom. The standard InChI is InChI=1S/C17H14ClN3O2/c1-21-16(22)11-23-17(20-21)13-5-7-15(8-6-13)19-10-12-3-2-4-14(18)9-12/h2-10H,11H2,1H3. The Morgan fingerprint density at radius 3 is 2.74 bits per heavy atom. The van der Waals surface area contributed by atoms with Gasteiger partial charge in [-0.25, -0.2) is 5.01 Å². The maximum Gasteiger partial charge on any atom is 0.280 e. The normalized spacial score (nSPS) is 14.8. The minimum Gasteiger partial charge on any atom is -0.466 e. The maximum atomic E-state index is 11.3. The second-order valence-corrected chi connectivity index (χ2v) is 5.41. The summed E-state index contributed by atoms with van der Waals surface area (Å²) in [6.07, 6.45) is 1.75. The molecule has 1 aliphatic rings. The van der Waals surface area contributed by atoms with Crippen molar-refractivity contribution in [3.05, 3.63) is 64.7 Å². The zero-order valence-electron chi connectivity index (χ0n) is 12.4. The van der Waals surface area contributed by atoms with E-state index in [1.807, 2.05) is 48.5 Å². The summed E-state index contributed by atoms with van der Waals surface area (Å²) in [6, 6.07) is 14.9. The second-order valence-electron chi connectivity index (χ2n) is 4.97. The number of amides is 1. The first-order valence-corrected chi connectivity index (χ1v) is 7.38. The lowest BCUT2D eigenvalue weighted by Gasteiger charge is -2.20. The van der Waals surface area contributed by atoms with Gasteiger partial charge in [0.15, 0.2) is 6.61 Å². The molecule has 23 heavy (non-hydrogen) atoms. The van der Waals surface area contributed by atoms with Crippen LogP contribution in [0.4, 0.5) is 5.69 Å². The predicted molar refractivity (Wildman–Crippen MR) is 90.4 cm³/mol. The van der Waals surface area contributed by atoms with E-state index in [-0.39, 0.29) is 12.5 Å². The second kappa shape index (κ2) is 6.62. The summed E-state index contributed by atoms with van der Waals surface area (Å²) in [5.74, 6) is 0.258. The molecule has 0 spiro atoms. The molecule has 2 aromatic carbocycles. The molecule has 1 aliphatic heterocycles. The molecule has 0 saturated carbocycles. The first-order valence-electron chi connectivity index (χ1n) is 7.00. The first-order chi connectivity index (χ1) is 11.1. The number of hydrogen-bond acceptors (Lipinski definition) is 4. The van der Waals surface area contributed by atoms with Crippen molar-refractivity contribution in [3.63, 3.8) is 0 Å². The molecule has 0 unspecified atom stereocenters. The molecule has 116 valence electrons. The third-order valence-corrected chi connectivity index (χ3v) is 3.49. The molecule has 0 aliphatic carbocycles. The fourth-order valence-corrected chi connectivity index (χ4v) is 2.21. The Bertz CT molecular complexity index is 785. The lowest BCUT2D eigenvalue weighted by Crippen LogP contribution is -2.33. The SMILES string of the molecule is CN1N=C(c2ccc(N=Cc3cccc(Cl)c3)cc2)OCC1=O. The molecule has 6 heteroatoms. The van der Waals surface area contributed by atoms with Crippen molar-refractivity contribution >= 4 is 35.3 Å². The van der Waals surface area contributed by atoms with Gasteiger partial charge in [-0.2, -0.15) is 0 Å². The van der Waals surface area contributed by atoms with Crippen LogP contribution in [0.25, 0.3) is 0 Å². The lowest BCUT2D eigenvalue weighted by atomic mass is 10.2. The number of halogens is 1. The van der Waals surface area contributed by atoms with E-state index in [0.29, 0.717) is 10.9 Å². The quantitative estimate of drug-likeness (QED) is 0.813. The summed E-state index contributed by atoms with van der Waals surface area (Å²) < 4.78 is 5.33. The average Bonchev–Trinajstić information content (AvgIpc) is 2.56. The predicted octanol–water partition coefficient (Wildman–Crippen LogP) is 3.24. The number of rotatable bonds is 3. The van der Waals surface area contributed by atoms with Crippen LogP contribution in [0.3, 0.4) is 0 Å². The summed E-state index contributed by atoms with van der Waals surface area (Å²) in [5, 5.41) is 6.05. The van der Waals surface area contributed by atoms with Gasteiger partial charge in [0.25, 0.3) is 5.91 Å². The van der Waals surface area contributed by atoms with Crippen molar-refractivity contribution in [1.82, 2.24) is 5.01 Å². The van der Waals surface area contributed by atoms with Gasteiger partial charge in [0.05, 0.1) is 5.69 Å². The molecule has 5 nitrogen and oxygen atoms in total. The highest BCUT2D eigenvalue weighted by Crippen LogP contribution is 2.16. The zero-order chi connectivity index (χ0) is 16.2. The molecule has 0 fully saturated rings. The van der Waals surface area contributed by atoms with E-state index in [1.54, 1.807) is 13.3 Å². The van der Waals surface area contributed by atoms with E-state index in [2.05, 4.69) is 10.1 Å². The van der Waals surface area contributed by atoms with Crippen LogP contribution in [-0.2, 0) is 9.53 Å². The Morgan fingerprint density at radius 1 is 1.26 bits per heavy atom. The molecule has 0 N–H and O–H groups in total. The van der Waals surface area contributed by atoms with Crippen LogP contribution >= 0.6 is 11.6 Å². The molecule has 2 aromatic rings. The Labute approximate surface area is 138 Å². The summed E-state index contributed by atoms with van der Waals surface area (Å²) in [7, 11) is 1.61. The van der Waals surface area contributed by atoms with Crippen molar-refractivity contribution in [2.75, 3.05) is 13.7 Å². The number of nitrogens with zero attached hydrogens (tertiary/aromatic N) is 3. The summed E-state index contributed by atoms with van der Waals surface area (Å²) in [6.45, 7) is 0.00397. The number of benzene rings is 2. The first kappa shape index (κ1) is 15.2. The van der Waals surface area contributed by atoms with Crippen molar-refractivity contribution in [3.8, 4) is 0 Å². The van der Waals surface area contributed by atoms with Crippen LogP contribution < -0.4 is 0 Å². The summed E-state index contributed by atoms with van der Waals surface area (Å²) in [5.41, 5.74) is 2.53. The van der Waals surface area contributed by atoms with Gasteiger partial charge >= 0.3 is 0 Å². The van der Waals surface area contributed by atoms with Crippen LogP contribution in [0.1, 0.15) is 11.1 Å². The lowest BCUT2D eigenvalue weighted by molar-refractivity contribution is -0.134. The van der Waals surface area contributed by atoms with Gasteiger partial charge in [0.2, 0.25) is 5.90 Å². The van der Waals surface area contributed by atoms with Gasteiger partial charge < -0.3 is 4.74 Å². The molecule has 0 atom stereocenters. The number of ether oxygens (including phenoxy) is 1. The topological polar surface area (TPSA) is 54.3 Å². The van der Waals surface area contributed by atoms with Gasteiger partial charge in [-0.05, 0) is 42.0 Å². The molecule has 1 heterocycles. The highest BCUT2D eigenvalue weighted by Gasteiger charge is 2.18. The van der Waals surface area contributed by atoms with Crippen LogP contribution in [-0.4, -0.2) is 36.7 Å². The van der Waals surface area contributed by atoms with Crippen molar-refractivity contribution in [2.24, 2.45) is 10.1 Å². The van der Waals surface area contributed by atoms with Gasteiger partial charge in [-0.3, -0.25) is 9.79 Å². The van der Waals surface area contributed by atoms with E-state index >= 15 is 0 Å². The number of likely N-dealkylation sites (N-methyl/N-ethyl adjacent to an activating group) is 1. The van der Waals surface area contributed by atoms with Crippen molar-refractivity contribution in [1.29, 1.82) is 0 Å². The molecular weight excluding hydrogens is 314 g/mol. The fourth-order valence-electron chi connectivity index (χ4n) is 2.01. The van der Waals surface area contributed by atoms with Crippen LogP contribution in [0.5, 0.6) is 0 Å². The van der Waals surface area contributed by atoms with Crippen molar-refractivity contribution < 1.29 is 9.53 Å². The number of carbonyl (C=O) groups excluding carboxylic acids is 1. The number of hydrogen-bond donors (Lipinski definition) is 0. The van der Waals surface area contributed by atoms with E-state index in [0.717, 1.165) is 16.8 Å². The molecule has 0 bridgehead atoms. The van der Waals surface area contributed by atoms with Gasteiger partial charge in [0, 0.05) is 23.8 Å². The highest BCUT2D eigenvalue weighted by molar-refractivity contribution is 6.30. The fraction of sp³-hybridized carbons (Fsp3) is 0.118. The van der Waals surface area contributed by atoms with Crippen LogP contribution in [0.2, 0.25) is 5.02 Å². The third-order valence-electron chi connectivity index (χ3n) is 3.26. The van der Waals surface area contributed by atoms with Crippen molar-refractivity contribution in [2.45, 2.75) is 0 Å². The summed E-state index contributed by atoms with van der Waals surface area (Å²) >= 11 is 5.94. The van der Waals surface area contributed by atoms with Crippen LogP contribution in [0, 0.1) is 0 Å².